The Morgan fingerprint density at radius 3 is 2.43 bits per heavy atom. The van der Waals surface area contributed by atoms with E-state index in [1.165, 1.54) is 24.9 Å². The van der Waals surface area contributed by atoms with Gasteiger partial charge in [0, 0.05) is 43.5 Å². The minimum atomic E-state index is 0.208. The fourth-order valence-electron chi connectivity index (χ4n) is 3.65. The van der Waals surface area contributed by atoms with Gasteiger partial charge in [0.15, 0.2) is 0 Å². The number of benzene rings is 1. The lowest BCUT2D eigenvalue weighted by atomic mass is 9.88. The molecule has 1 aliphatic heterocycles. The van der Waals surface area contributed by atoms with Gasteiger partial charge in [0.1, 0.15) is 0 Å². The number of anilines is 2. The molecule has 1 aliphatic carbocycles. The monoisotopic (exact) mass is 315 g/mol. The molecule has 0 unspecified atom stereocenters. The van der Waals surface area contributed by atoms with Gasteiger partial charge in [-0.3, -0.25) is 4.79 Å². The fourth-order valence-corrected chi connectivity index (χ4v) is 3.65. The van der Waals surface area contributed by atoms with Crippen molar-refractivity contribution in [2.45, 2.75) is 39.0 Å². The van der Waals surface area contributed by atoms with Crippen molar-refractivity contribution < 1.29 is 4.79 Å². The van der Waals surface area contributed by atoms with E-state index >= 15 is 0 Å². The highest BCUT2D eigenvalue weighted by molar-refractivity contribution is 5.93. The van der Waals surface area contributed by atoms with Crippen LogP contribution in [-0.4, -0.2) is 44.0 Å². The van der Waals surface area contributed by atoms with Crippen molar-refractivity contribution in [3.63, 3.8) is 0 Å². The number of nitrogens with one attached hydrogen (secondary N) is 1. The molecule has 0 aromatic heterocycles. The molecule has 4 nitrogen and oxygen atoms in total. The summed E-state index contributed by atoms with van der Waals surface area (Å²) in [6, 6.07) is 6.43. The van der Waals surface area contributed by atoms with E-state index in [1.54, 1.807) is 0 Å². The predicted molar refractivity (Wildman–Crippen MR) is 96.1 cm³/mol. The predicted octanol–water partition coefficient (Wildman–Crippen LogP) is 3.27. The van der Waals surface area contributed by atoms with Crippen molar-refractivity contribution in [1.29, 1.82) is 0 Å². The van der Waals surface area contributed by atoms with E-state index in [4.69, 9.17) is 0 Å². The summed E-state index contributed by atoms with van der Waals surface area (Å²) in [7, 11) is 2.17. The van der Waals surface area contributed by atoms with E-state index in [-0.39, 0.29) is 11.8 Å². The third-order valence-corrected chi connectivity index (χ3v) is 5.31. The van der Waals surface area contributed by atoms with Crippen LogP contribution < -0.4 is 10.2 Å². The topological polar surface area (TPSA) is 35.6 Å². The molecule has 0 atom stereocenters. The number of piperazine rings is 1. The quantitative estimate of drug-likeness (QED) is 0.930. The van der Waals surface area contributed by atoms with Gasteiger partial charge in [-0.2, -0.15) is 0 Å². The van der Waals surface area contributed by atoms with Crippen LogP contribution in [0, 0.1) is 12.8 Å². The average molecular weight is 315 g/mol. The highest BCUT2D eigenvalue weighted by atomic mass is 16.1. The van der Waals surface area contributed by atoms with Crippen LogP contribution in [-0.2, 0) is 4.79 Å². The average Bonchev–Trinajstić information content (AvgIpc) is 2.58. The number of aryl methyl sites for hydroxylation is 1. The van der Waals surface area contributed by atoms with Crippen LogP contribution in [0.1, 0.15) is 37.7 Å². The Hall–Kier alpha value is -1.55. The number of rotatable bonds is 3. The molecule has 1 amide bonds. The number of carbonyl (C=O) groups excluding carboxylic acids is 1. The Balaban J connectivity index is 1.63. The summed E-state index contributed by atoms with van der Waals surface area (Å²) < 4.78 is 0. The van der Waals surface area contributed by atoms with E-state index in [1.807, 2.05) is 0 Å². The summed E-state index contributed by atoms with van der Waals surface area (Å²) in [5, 5.41) is 3.15. The maximum Gasteiger partial charge on any atom is 0.227 e. The third-order valence-electron chi connectivity index (χ3n) is 5.31. The Labute approximate surface area is 139 Å². The summed E-state index contributed by atoms with van der Waals surface area (Å²) in [5.41, 5.74) is 3.40. The van der Waals surface area contributed by atoms with Crippen LogP contribution in [0.25, 0.3) is 0 Å². The molecule has 4 heteroatoms. The highest BCUT2D eigenvalue weighted by Crippen LogP contribution is 2.27. The number of hydrogen-bond acceptors (Lipinski definition) is 3. The third kappa shape index (κ3) is 4.05. The van der Waals surface area contributed by atoms with E-state index in [9.17, 15) is 4.79 Å². The van der Waals surface area contributed by atoms with Gasteiger partial charge in [-0.25, -0.2) is 0 Å². The first kappa shape index (κ1) is 16.3. The van der Waals surface area contributed by atoms with Crippen LogP contribution in [0.2, 0.25) is 0 Å². The van der Waals surface area contributed by atoms with Gasteiger partial charge in [-0.05, 0) is 50.6 Å². The molecule has 2 fully saturated rings. The zero-order valence-electron chi connectivity index (χ0n) is 14.5. The molecule has 1 saturated heterocycles. The normalized spacial score (nSPS) is 20.5. The van der Waals surface area contributed by atoms with Crippen LogP contribution in [0.4, 0.5) is 11.4 Å². The number of amides is 1. The molecule has 126 valence electrons. The summed E-state index contributed by atoms with van der Waals surface area (Å²) in [5.74, 6) is 0.417. The Kier molecular flexibility index (Phi) is 5.21. The SMILES string of the molecule is Cc1cc(N2CCN(C)CC2)ccc1NC(=O)C1CCCCC1. The zero-order chi connectivity index (χ0) is 16.2. The lowest BCUT2D eigenvalue weighted by Gasteiger charge is -2.34. The van der Waals surface area contributed by atoms with Crippen molar-refractivity contribution in [3.05, 3.63) is 23.8 Å². The summed E-state index contributed by atoms with van der Waals surface area (Å²) >= 11 is 0. The molecule has 3 rings (SSSR count). The van der Waals surface area contributed by atoms with Crippen LogP contribution >= 0.6 is 0 Å². The van der Waals surface area contributed by atoms with Gasteiger partial charge in [0.25, 0.3) is 0 Å². The Morgan fingerprint density at radius 2 is 1.78 bits per heavy atom. The smallest absolute Gasteiger partial charge is 0.227 e. The number of nitrogens with zero attached hydrogens (tertiary/aromatic N) is 2. The molecule has 0 spiro atoms. The van der Waals surface area contributed by atoms with Crippen molar-refractivity contribution in [2.24, 2.45) is 5.92 Å². The first-order valence-electron chi connectivity index (χ1n) is 8.98. The summed E-state index contributed by atoms with van der Waals surface area (Å²) in [6.07, 6.45) is 5.76. The molecule has 1 aromatic rings. The van der Waals surface area contributed by atoms with Crippen molar-refractivity contribution >= 4 is 17.3 Å². The van der Waals surface area contributed by atoms with Gasteiger partial charge < -0.3 is 15.1 Å². The maximum absolute atomic E-state index is 12.4. The number of hydrogen-bond donors (Lipinski definition) is 1. The largest absolute Gasteiger partial charge is 0.369 e. The van der Waals surface area contributed by atoms with Crippen LogP contribution in [0.15, 0.2) is 18.2 Å². The van der Waals surface area contributed by atoms with Gasteiger partial charge in [-0.15, -0.1) is 0 Å². The van der Waals surface area contributed by atoms with Gasteiger partial charge in [0.2, 0.25) is 5.91 Å². The molecule has 0 radical (unpaired) electrons. The molecule has 2 aliphatic rings. The first-order valence-corrected chi connectivity index (χ1v) is 8.98. The summed E-state index contributed by atoms with van der Waals surface area (Å²) in [4.78, 5) is 17.2. The summed E-state index contributed by atoms with van der Waals surface area (Å²) in [6.45, 7) is 6.46. The van der Waals surface area contributed by atoms with Crippen LogP contribution in [0.3, 0.4) is 0 Å². The van der Waals surface area contributed by atoms with Crippen molar-refractivity contribution in [2.75, 3.05) is 43.4 Å². The second-order valence-corrected chi connectivity index (χ2v) is 7.11. The molecule has 1 aromatic carbocycles. The van der Waals surface area contributed by atoms with E-state index < -0.39 is 0 Å². The standard InChI is InChI=1S/C19H29N3O/c1-15-14-17(22-12-10-21(2)11-13-22)8-9-18(15)20-19(23)16-6-4-3-5-7-16/h8-9,14,16H,3-7,10-13H2,1-2H3,(H,20,23). The molecule has 1 heterocycles. The molecule has 0 bridgehead atoms. The van der Waals surface area contributed by atoms with Crippen molar-refractivity contribution in [3.8, 4) is 0 Å². The Bertz CT molecular complexity index is 544. The van der Waals surface area contributed by atoms with E-state index in [0.29, 0.717) is 0 Å². The van der Waals surface area contributed by atoms with Gasteiger partial charge in [0.05, 0.1) is 0 Å². The van der Waals surface area contributed by atoms with E-state index in [0.717, 1.165) is 50.3 Å². The number of carbonyl (C=O) groups is 1. The second kappa shape index (κ2) is 7.35. The number of likely N-dealkylation sites (N-methyl/N-ethyl adjacent to an activating group) is 1. The van der Waals surface area contributed by atoms with Crippen LogP contribution in [0.5, 0.6) is 0 Å². The minimum Gasteiger partial charge on any atom is -0.369 e. The fraction of sp³-hybridized carbons (Fsp3) is 0.632. The lowest BCUT2D eigenvalue weighted by Crippen LogP contribution is -2.44. The molecular formula is C19H29N3O. The maximum atomic E-state index is 12.4. The zero-order valence-corrected chi connectivity index (χ0v) is 14.5. The van der Waals surface area contributed by atoms with E-state index in [2.05, 4.69) is 47.3 Å². The molecular weight excluding hydrogens is 286 g/mol. The van der Waals surface area contributed by atoms with Crippen molar-refractivity contribution in [1.82, 2.24) is 4.90 Å². The highest BCUT2D eigenvalue weighted by Gasteiger charge is 2.22. The molecule has 23 heavy (non-hydrogen) atoms. The molecule has 1 saturated carbocycles. The minimum absolute atomic E-state index is 0.208. The van der Waals surface area contributed by atoms with Gasteiger partial charge >= 0.3 is 0 Å². The van der Waals surface area contributed by atoms with Gasteiger partial charge in [-0.1, -0.05) is 19.3 Å². The first-order chi connectivity index (χ1) is 11.1. The second-order valence-electron chi connectivity index (χ2n) is 7.11. The lowest BCUT2D eigenvalue weighted by molar-refractivity contribution is -0.120. The molecule has 1 N–H and O–H groups in total. The Morgan fingerprint density at radius 1 is 1.09 bits per heavy atom.